The minimum atomic E-state index is 0.285. The van der Waals surface area contributed by atoms with E-state index in [2.05, 4.69) is 55.0 Å². The molecular formula is C17H29N3. The van der Waals surface area contributed by atoms with Gasteiger partial charge in [0.1, 0.15) is 0 Å². The molecule has 0 amide bonds. The maximum absolute atomic E-state index is 4.14. The molecule has 1 aliphatic rings. The highest BCUT2D eigenvalue weighted by Crippen LogP contribution is 2.31. The third-order valence-electron chi connectivity index (χ3n) is 5.18. The third-order valence-corrected chi connectivity index (χ3v) is 5.18. The first-order valence-corrected chi connectivity index (χ1v) is 8.06. The maximum Gasteiger partial charge on any atom is 0.0325 e. The second-order valence-electron chi connectivity index (χ2n) is 6.06. The van der Waals surface area contributed by atoms with Crippen molar-refractivity contribution in [2.45, 2.75) is 64.6 Å². The fourth-order valence-electron chi connectivity index (χ4n) is 3.38. The zero-order valence-electron chi connectivity index (χ0n) is 13.4. The summed E-state index contributed by atoms with van der Waals surface area (Å²) in [7, 11) is 0. The minimum absolute atomic E-state index is 0.285. The van der Waals surface area contributed by atoms with E-state index in [1.807, 2.05) is 12.4 Å². The van der Waals surface area contributed by atoms with Crippen LogP contribution < -0.4 is 5.32 Å². The van der Waals surface area contributed by atoms with Crippen molar-refractivity contribution in [3.63, 3.8) is 0 Å². The molecular weight excluding hydrogens is 246 g/mol. The molecule has 1 saturated heterocycles. The summed E-state index contributed by atoms with van der Waals surface area (Å²) in [6, 6.07) is 5.39. The third kappa shape index (κ3) is 3.04. The average Bonchev–Trinajstić information content (AvgIpc) is 2.54. The summed E-state index contributed by atoms with van der Waals surface area (Å²) >= 11 is 0. The van der Waals surface area contributed by atoms with Gasteiger partial charge >= 0.3 is 0 Å². The molecule has 1 aromatic heterocycles. The van der Waals surface area contributed by atoms with E-state index >= 15 is 0 Å². The molecule has 1 aliphatic heterocycles. The fraction of sp³-hybridized carbons (Fsp3) is 0.706. The number of nitrogens with one attached hydrogen (secondary N) is 1. The molecule has 3 heteroatoms. The van der Waals surface area contributed by atoms with Gasteiger partial charge in [0.05, 0.1) is 0 Å². The summed E-state index contributed by atoms with van der Waals surface area (Å²) in [5.74, 6) is 0. The predicted octanol–water partition coefficient (Wildman–Crippen LogP) is 3.39. The molecule has 0 saturated carbocycles. The zero-order valence-corrected chi connectivity index (χ0v) is 13.4. The number of piperazine rings is 1. The van der Waals surface area contributed by atoms with Crippen molar-refractivity contribution in [2.24, 2.45) is 0 Å². The number of rotatable bonds is 5. The van der Waals surface area contributed by atoms with Crippen LogP contribution in [-0.2, 0) is 0 Å². The standard InChI is InChI=1S/C17H29N3/c1-5-16-12-19-17(6-2,7-3)13-20(16)14(4)15-8-10-18-11-9-15/h8-11,14,16,19H,5-7,12-13H2,1-4H3. The Balaban J connectivity index is 2.21. The van der Waals surface area contributed by atoms with Gasteiger partial charge in [-0.05, 0) is 43.9 Å². The van der Waals surface area contributed by atoms with Gasteiger partial charge < -0.3 is 5.32 Å². The van der Waals surface area contributed by atoms with Crippen molar-refractivity contribution in [1.82, 2.24) is 15.2 Å². The van der Waals surface area contributed by atoms with Crippen molar-refractivity contribution in [3.05, 3.63) is 30.1 Å². The lowest BCUT2D eigenvalue weighted by atomic mass is 9.86. The van der Waals surface area contributed by atoms with Crippen LogP contribution in [0.3, 0.4) is 0 Å². The SMILES string of the molecule is CCC1CNC(CC)(CC)CN1C(C)c1ccncc1. The van der Waals surface area contributed by atoms with E-state index < -0.39 is 0 Å². The second-order valence-corrected chi connectivity index (χ2v) is 6.06. The molecule has 1 aromatic rings. The zero-order chi connectivity index (χ0) is 14.6. The highest BCUT2D eigenvalue weighted by molar-refractivity contribution is 5.15. The van der Waals surface area contributed by atoms with Crippen LogP contribution in [0, 0.1) is 0 Å². The van der Waals surface area contributed by atoms with Gasteiger partial charge in [-0.1, -0.05) is 20.8 Å². The molecule has 0 bridgehead atoms. The van der Waals surface area contributed by atoms with Crippen molar-refractivity contribution >= 4 is 0 Å². The van der Waals surface area contributed by atoms with E-state index in [0.29, 0.717) is 12.1 Å². The number of hydrogen-bond acceptors (Lipinski definition) is 3. The first-order valence-electron chi connectivity index (χ1n) is 8.06. The molecule has 2 atom stereocenters. The van der Waals surface area contributed by atoms with E-state index in [9.17, 15) is 0 Å². The molecule has 20 heavy (non-hydrogen) atoms. The lowest BCUT2D eigenvalue weighted by Gasteiger charge is -2.49. The van der Waals surface area contributed by atoms with Gasteiger partial charge in [-0.15, -0.1) is 0 Å². The lowest BCUT2D eigenvalue weighted by Crippen LogP contribution is -2.63. The van der Waals surface area contributed by atoms with Gasteiger partial charge in [-0.25, -0.2) is 0 Å². The van der Waals surface area contributed by atoms with Crippen LogP contribution in [0.2, 0.25) is 0 Å². The Labute approximate surface area is 123 Å². The van der Waals surface area contributed by atoms with Gasteiger partial charge in [-0.3, -0.25) is 9.88 Å². The highest BCUT2D eigenvalue weighted by Gasteiger charge is 2.38. The fourth-order valence-corrected chi connectivity index (χ4v) is 3.38. The Bertz CT molecular complexity index is 400. The Morgan fingerprint density at radius 2 is 1.95 bits per heavy atom. The molecule has 3 nitrogen and oxygen atoms in total. The van der Waals surface area contributed by atoms with Gasteiger partial charge in [0.2, 0.25) is 0 Å². The smallest absolute Gasteiger partial charge is 0.0325 e. The minimum Gasteiger partial charge on any atom is -0.308 e. The van der Waals surface area contributed by atoms with Gasteiger partial charge in [0, 0.05) is 43.1 Å². The topological polar surface area (TPSA) is 28.2 Å². The lowest BCUT2D eigenvalue weighted by molar-refractivity contribution is 0.0400. The van der Waals surface area contributed by atoms with E-state index in [0.717, 1.165) is 13.1 Å². The molecule has 0 radical (unpaired) electrons. The molecule has 0 aliphatic carbocycles. The normalized spacial score (nSPS) is 24.5. The van der Waals surface area contributed by atoms with Crippen LogP contribution in [0.1, 0.15) is 58.6 Å². The monoisotopic (exact) mass is 275 g/mol. The number of nitrogens with zero attached hydrogens (tertiary/aromatic N) is 2. The van der Waals surface area contributed by atoms with Crippen molar-refractivity contribution in [3.8, 4) is 0 Å². The summed E-state index contributed by atoms with van der Waals surface area (Å²) in [5.41, 5.74) is 1.66. The highest BCUT2D eigenvalue weighted by atomic mass is 15.3. The number of hydrogen-bond donors (Lipinski definition) is 1. The Morgan fingerprint density at radius 3 is 2.50 bits per heavy atom. The van der Waals surface area contributed by atoms with E-state index in [-0.39, 0.29) is 5.54 Å². The number of pyridine rings is 1. The summed E-state index contributed by atoms with van der Waals surface area (Å²) in [5, 5.41) is 3.82. The molecule has 1 fully saturated rings. The van der Waals surface area contributed by atoms with Crippen molar-refractivity contribution in [1.29, 1.82) is 0 Å². The molecule has 1 N–H and O–H groups in total. The molecule has 2 heterocycles. The first-order chi connectivity index (χ1) is 9.65. The van der Waals surface area contributed by atoms with Crippen molar-refractivity contribution < 1.29 is 0 Å². The molecule has 2 rings (SSSR count). The van der Waals surface area contributed by atoms with Gasteiger partial charge in [0.15, 0.2) is 0 Å². The van der Waals surface area contributed by atoms with Crippen LogP contribution >= 0.6 is 0 Å². The molecule has 2 unspecified atom stereocenters. The van der Waals surface area contributed by atoms with Crippen LogP contribution in [0.15, 0.2) is 24.5 Å². The summed E-state index contributed by atoms with van der Waals surface area (Å²) in [4.78, 5) is 6.84. The van der Waals surface area contributed by atoms with E-state index in [1.54, 1.807) is 0 Å². The van der Waals surface area contributed by atoms with Crippen LogP contribution in [0.5, 0.6) is 0 Å². The second kappa shape index (κ2) is 6.68. The number of aromatic nitrogens is 1. The van der Waals surface area contributed by atoms with Crippen molar-refractivity contribution in [2.75, 3.05) is 13.1 Å². The summed E-state index contributed by atoms with van der Waals surface area (Å²) < 4.78 is 0. The van der Waals surface area contributed by atoms with Crippen LogP contribution in [0.25, 0.3) is 0 Å². The van der Waals surface area contributed by atoms with E-state index in [1.165, 1.54) is 24.8 Å². The largest absolute Gasteiger partial charge is 0.308 e. The van der Waals surface area contributed by atoms with Gasteiger partial charge in [0.25, 0.3) is 0 Å². The van der Waals surface area contributed by atoms with E-state index in [4.69, 9.17) is 0 Å². The Hall–Kier alpha value is -0.930. The summed E-state index contributed by atoms with van der Waals surface area (Å²) in [6.45, 7) is 11.5. The Morgan fingerprint density at radius 1 is 1.30 bits per heavy atom. The van der Waals surface area contributed by atoms with Crippen LogP contribution in [-0.4, -0.2) is 34.6 Å². The molecule has 112 valence electrons. The summed E-state index contributed by atoms with van der Waals surface area (Å²) in [6.07, 6.45) is 7.40. The average molecular weight is 275 g/mol. The molecule has 0 spiro atoms. The Kier molecular flexibility index (Phi) is 5.17. The predicted molar refractivity (Wildman–Crippen MR) is 84.8 cm³/mol. The first kappa shape index (κ1) is 15.5. The molecule has 0 aromatic carbocycles. The quantitative estimate of drug-likeness (QED) is 0.893. The van der Waals surface area contributed by atoms with Crippen LogP contribution in [0.4, 0.5) is 0 Å². The van der Waals surface area contributed by atoms with Gasteiger partial charge in [-0.2, -0.15) is 0 Å². The maximum atomic E-state index is 4.14.